The van der Waals surface area contributed by atoms with Gasteiger partial charge in [-0.2, -0.15) is 12.6 Å². The standard InChI is InChI=1S/C11H19NO3S.C9H17NO2S/c1-8(13)16-9-5-6-12(7-9)10(14)15-11(2,3)4;1-9(2,3)12-8(11)10-5-4-7(13)6-10/h9H,5-7H2,1-4H3;7,13H,4-6H2,1-3H3/t9-;7-/m00/s1. The maximum atomic E-state index is 11.7. The van der Waals surface area contributed by atoms with Crippen molar-refractivity contribution in [1.82, 2.24) is 9.80 Å². The van der Waals surface area contributed by atoms with Crippen LogP contribution in [0.5, 0.6) is 0 Å². The number of hydrogen-bond donors (Lipinski definition) is 1. The van der Waals surface area contributed by atoms with Crippen molar-refractivity contribution in [3.05, 3.63) is 0 Å². The molecule has 2 atom stereocenters. The molecule has 0 aromatic carbocycles. The third kappa shape index (κ3) is 11.0. The molecule has 2 saturated heterocycles. The molecule has 29 heavy (non-hydrogen) atoms. The van der Waals surface area contributed by atoms with Gasteiger partial charge in [0.2, 0.25) is 0 Å². The van der Waals surface area contributed by atoms with Gasteiger partial charge in [0.25, 0.3) is 0 Å². The van der Waals surface area contributed by atoms with Gasteiger partial charge in [-0.3, -0.25) is 4.79 Å². The van der Waals surface area contributed by atoms with Gasteiger partial charge in [-0.1, -0.05) is 11.8 Å². The summed E-state index contributed by atoms with van der Waals surface area (Å²) < 4.78 is 10.5. The Morgan fingerprint density at radius 1 is 0.862 bits per heavy atom. The third-order valence-corrected chi connectivity index (χ3v) is 5.42. The van der Waals surface area contributed by atoms with Crippen LogP contribution in [0.15, 0.2) is 0 Å². The topological polar surface area (TPSA) is 76.1 Å². The van der Waals surface area contributed by atoms with Crippen molar-refractivity contribution in [3.8, 4) is 0 Å². The molecule has 0 aromatic heterocycles. The van der Waals surface area contributed by atoms with Gasteiger partial charge in [0.05, 0.1) is 0 Å². The Hall–Kier alpha value is -1.09. The molecule has 0 aromatic rings. The minimum Gasteiger partial charge on any atom is -0.444 e. The predicted octanol–water partition coefficient (Wildman–Crippen LogP) is 4.20. The first-order chi connectivity index (χ1) is 13.2. The lowest BCUT2D eigenvalue weighted by Gasteiger charge is -2.24. The van der Waals surface area contributed by atoms with Gasteiger partial charge in [-0.15, -0.1) is 0 Å². The van der Waals surface area contributed by atoms with E-state index >= 15 is 0 Å². The lowest BCUT2D eigenvalue weighted by Crippen LogP contribution is -2.35. The van der Waals surface area contributed by atoms with Gasteiger partial charge >= 0.3 is 12.2 Å². The average Bonchev–Trinajstić information content (AvgIpc) is 3.13. The summed E-state index contributed by atoms with van der Waals surface area (Å²) in [5.41, 5.74) is -0.853. The van der Waals surface area contributed by atoms with E-state index in [1.54, 1.807) is 16.7 Å². The third-order valence-electron chi connectivity index (χ3n) is 3.94. The van der Waals surface area contributed by atoms with Crippen LogP contribution in [0.25, 0.3) is 0 Å². The monoisotopic (exact) mass is 448 g/mol. The van der Waals surface area contributed by atoms with E-state index < -0.39 is 11.2 Å². The molecule has 2 aliphatic rings. The Kier molecular flexibility index (Phi) is 9.66. The first-order valence-corrected chi connectivity index (χ1v) is 11.4. The average molecular weight is 449 g/mol. The van der Waals surface area contributed by atoms with Crippen LogP contribution in [0.3, 0.4) is 0 Å². The number of thiol groups is 1. The minimum atomic E-state index is -0.455. The molecular formula is C20H36N2O5S2. The number of likely N-dealkylation sites (tertiary alicyclic amines) is 2. The number of ether oxygens (including phenoxy) is 2. The van der Waals surface area contributed by atoms with Gasteiger partial charge in [-0.05, 0) is 54.4 Å². The van der Waals surface area contributed by atoms with Crippen LogP contribution in [0, 0.1) is 0 Å². The molecule has 2 heterocycles. The summed E-state index contributed by atoms with van der Waals surface area (Å²) in [7, 11) is 0. The molecule has 0 aliphatic carbocycles. The molecule has 0 spiro atoms. The number of nitrogens with zero attached hydrogens (tertiary/aromatic N) is 2. The van der Waals surface area contributed by atoms with Crippen LogP contribution < -0.4 is 0 Å². The molecule has 0 unspecified atom stereocenters. The molecule has 9 heteroatoms. The van der Waals surface area contributed by atoms with Crippen molar-refractivity contribution in [1.29, 1.82) is 0 Å². The molecule has 2 fully saturated rings. The second kappa shape index (κ2) is 10.8. The summed E-state index contributed by atoms with van der Waals surface area (Å²) in [6.07, 6.45) is 1.33. The maximum Gasteiger partial charge on any atom is 0.410 e. The lowest BCUT2D eigenvalue weighted by molar-refractivity contribution is -0.109. The highest BCUT2D eigenvalue weighted by atomic mass is 32.2. The van der Waals surface area contributed by atoms with Gasteiger partial charge < -0.3 is 19.3 Å². The second-order valence-electron chi connectivity index (χ2n) is 9.32. The van der Waals surface area contributed by atoms with Crippen LogP contribution in [0.4, 0.5) is 9.59 Å². The summed E-state index contributed by atoms with van der Waals surface area (Å²) in [4.78, 5) is 37.5. The molecule has 0 saturated carbocycles. The highest BCUT2D eigenvalue weighted by Crippen LogP contribution is 2.24. The number of amides is 2. The largest absolute Gasteiger partial charge is 0.444 e. The number of rotatable bonds is 1. The quantitative estimate of drug-likeness (QED) is 0.606. The van der Waals surface area contributed by atoms with Crippen LogP contribution in [0.2, 0.25) is 0 Å². The second-order valence-corrected chi connectivity index (χ2v) is 11.5. The molecule has 0 N–H and O–H groups in total. The van der Waals surface area contributed by atoms with E-state index in [4.69, 9.17) is 9.47 Å². The molecular weight excluding hydrogens is 412 g/mol. The molecule has 0 radical (unpaired) electrons. The molecule has 2 aliphatic heterocycles. The van der Waals surface area contributed by atoms with E-state index in [1.165, 1.54) is 11.8 Å². The zero-order chi connectivity index (χ0) is 22.4. The number of carbonyl (C=O) groups excluding carboxylic acids is 3. The Labute approximate surface area is 184 Å². The summed E-state index contributed by atoms with van der Waals surface area (Å²) in [6, 6.07) is 0. The van der Waals surface area contributed by atoms with E-state index in [1.807, 2.05) is 41.5 Å². The van der Waals surface area contributed by atoms with E-state index in [0.717, 1.165) is 19.4 Å². The van der Waals surface area contributed by atoms with Gasteiger partial charge in [-0.25, -0.2) is 9.59 Å². The molecule has 7 nitrogen and oxygen atoms in total. The normalized spacial score (nSPS) is 22.1. The van der Waals surface area contributed by atoms with E-state index in [2.05, 4.69) is 12.6 Å². The Morgan fingerprint density at radius 3 is 1.69 bits per heavy atom. The zero-order valence-corrected chi connectivity index (χ0v) is 20.4. The maximum absolute atomic E-state index is 11.7. The highest BCUT2D eigenvalue weighted by Gasteiger charge is 2.30. The zero-order valence-electron chi connectivity index (χ0n) is 18.7. The Bertz CT molecular complexity index is 586. The van der Waals surface area contributed by atoms with E-state index in [0.29, 0.717) is 24.9 Å². The van der Waals surface area contributed by atoms with Crippen molar-refractivity contribution in [3.63, 3.8) is 0 Å². The summed E-state index contributed by atoms with van der Waals surface area (Å²) in [5, 5.41) is 0.647. The first kappa shape index (κ1) is 25.9. The minimum absolute atomic E-state index is 0.107. The van der Waals surface area contributed by atoms with Crippen molar-refractivity contribution >= 4 is 41.7 Å². The smallest absolute Gasteiger partial charge is 0.410 e. The number of hydrogen-bond acceptors (Lipinski definition) is 7. The molecule has 2 amide bonds. The van der Waals surface area contributed by atoms with Crippen molar-refractivity contribution < 1.29 is 23.9 Å². The summed E-state index contributed by atoms with van der Waals surface area (Å²) in [5.74, 6) is 0. The Balaban J connectivity index is 0.000000296. The molecule has 0 bridgehead atoms. The first-order valence-electron chi connectivity index (χ1n) is 9.97. The lowest BCUT2D eigenvalue weighted by atomic mass is 10.2. The highest BCUT2D eigenvalue weighted by molar-refractivity contribution is 8.14. The van der Waals surface area contributed by atoms with Gasteiger partial charge in [0, 0.05) is 43.6 Å². The predicted molar refractivity (Wildman–Crippen MR) is 120 cm³/mol. The Morgan fingerprint density at radius 2 is 1.31 bits per heavy atom. The molecule has 2 rings (SSSR count). The number of thioether (sulfide) groups is 1. The fourth-order valence-electron chi connectivity index (χ4n) is 2.79. The van der Waals surface area contributed by atoms with E-state index in [9.17, 15) is 14.4 Å². The SMILES string of the molecule is CC(=O)S[C@H]1CCN(C(=O)OC(C)(C)C)C1.CC(C)(C)OC(=O)N1CC[C@H](S)C1. The van der Waals surface area contributed by atoms with Crippen LogP contribution in [-0.4, -0.2) is 75.0 Å². The van der Waals surface area contributed by atoms with Crippen LogP contribution >= 0.6 is 24.4 Å². The van der Waals surface area contributed by atoms with Crippen LogP contribution in [-0.2, 0) is 14.3 Å². The summed E-state index contributed by atoms with van der Waals surface area (Å²) in [6.45, 7) is 15.5. The fraction of sp³-hybridized carbons (Fsp3) is 0.850. The van der Waals surface area contributed by atoms with Crippen LogP contribution in [0.1, 0.15) is 61.3 Å². The van der Waals surface area contributed by atoms with Crippen molar-refractivity contribution in [2.24, 2.45) is 0 Å². The summed E-state index contributed by atoms with van der Waals surface area (Å²) >= 11 is 5.62. The fourth-order valence-corrected chi connectivity index (χ4v) is 4.05. The van der Waals surface area contributed by atoms with Gasteiger partial charge in [0.1, 0.15) is 11.2 Å². The molecule has 168 valence electrons. The van der Waals surface area contributed by atoms with E-state index in [-0.39, 0.29) is 22.6 Å². The van der Waals surface area contributed by atoms with Crippen molar-refractivity contribution in [2.45, 2.75) is 83.0 Å². The van der Waals surface area contributed by atoms with Crippen molar-refractivity contribution in [2.75, 3.05) is 26.2 Å². The van der Waals surface area contributed by atoms with Gasteiger partial charge in [0.15, 0.2) is 5.12 Å². The number of carbonyl (C=O) groups is 3.